The molecule has 0 spiro atoms. The fourth-order valence-electron chi connectivity index (χ4n) is 0. The Kier molecular flexibility index (Phi) is 113. The summed E-state index contributed by atoms with van der Waals surface area (Å²) in [4.78, 5) is 9.00. The molecule has 0 heterocycles. The topological polar surface area (TPSA) is 37.3 Å². The first-order valence-corrected chi connectivity index (χ1v) is 1.93. The van der Waals surface area contributed by atoms with Crippen LogP contribution in [0.15, 0.2) is 26.3 Å². The average Bonchev–Trinajstić information content (AvgIpc) is 1.75. The summed E-state index contributed by atoms with van der Waals surface area (Å²) >= 11 is 0. The Morgan fingerprint density at radius 3 is 1.22 bits per heavy atom. The first kappa shape index (κ1) is 23.1. The summed E-state index contributed by atoms with van der Waals surface area (Å²) in [6.45, 7) is 13.1. The molecule has 9 heavy (non-hydrogen) atoms. The van der Waals surface area contributed by atoms with Crippen LogP contribution in [0.25, 0.3) is 0 Å². The van der Waals surface area contributed by atoms with Crippen molar-refractivity contribution in [2.24, 2.45) is 0 Å². The molecule has 50 valence electrons. The normalized spacial score (nSPS) is 3.67. The Morgan fingerprint density at radius 2 is 1.22 bits per heavy atom. The molecule has 0 saturated carbocycles. The molecular formula is C6H13NaO2. The van der Waals surface area contributed by atoms with Crippen molar-refractivity contribution in [3.63, 3.8) is 0 Å². The van der Waals surface area contributed by atoms with Crippen LogP contribution in [0.4, 0.5) is 0 Å². The summed E-state index contributed by atoms with van der Waals surface area (Å²) in [6.07, 6.45) is 0. The third kappa shape index (κ3) is 113000. The van der Waals surface area contributed by atoms with Gasteiger partial charge in [0, 0.05) is 6.92 Å². The van der Waals surface area contributed by atoms with Crippen molar-refractivity contribution < 1.29 is 9.90 Å². The quantitative estimate of drug-likeness (QED) is 0.403. The molecule has 0 aliphatic heterocycles. The van der Waals surface area contributed by atoms with E-state index in [1.807, 2.05) is 0 Å². The van der Waals surface area contributed by atoms with E-state index >= 15 is 0 Å². The van der Waals surface area contributed by atoms with Crippen molar-refractivity contribution in [1.29, 1.82) is 0 Å². The van der Waals surface area contributed by atoms with Crippen LogP contribution in [0.5, 0.6) is 0 Å². The molecule has 0 aliphatic rings. The van der Waals surface area contributed by atoms with Gasteiger partial charge in [-0.15, -0.1) is 26.3 Å². The van der Waals surface area contributed by atoms with Crippen LogP contribution >= 0.6 is 0 Å². The van der Waals surface area contributed by atoms with Crippen molar-refractivity contribution in [2.45, 2.75) is 6.92 Å². The van der Waals surface area contributed by atoms with Crippen LogP contribution < -0.4 is 0 Å². The van der Waals surface area contributed by atoms with E-state index < -0.39 is 5.97 Å². The summed E-state index contributed by atoms with van der Waals surface area (Å²) < 4.78 is 0. The van der Waals surface area contributed by atoms with E-state index in [1.54, 1.807) is 0 Å². The van der Waals surface area contributed by atoms with Gasteiger partial charge in [-0.2, -0.15) is 0 Å². The van der Waals surface area contributed by atoms with E-state index in [-0.39, 0.29) is 29.6 Å². The molecular weight excluding hydrogens is 127 g/mol. The number of rotatable bonds is 0. The third-order valence-electron chi connectivity index (χ3n) is 0. The Labute approximate surface area is 78.6 Å². The average molecular weight is 140 g/mol. The number of aliphatic carboxylic acids is 1. The first-order chi connectivity index (χ1) is 3.73. The van der Waals surface area contributed by atoms with Crippen LogP contribution in [-0.4, -0.2) is 40.6 Å². The summed E-state index contributed by atoms with van der Waals surface area (Å²) in [5.41, 5.74) is 0. The summed E-state index contributed by atoms with van der Waals surface area (Å²) in [5.74, 6) is -0.833. The molecule has 0 saturated heterocycles. The summed E-state index contributed by atoms with van der Waals surface area (Å²) in [5, 5.41) is 7.42. The Hall–Kier alpha value is -0.0500. The Morgan fingerprint density at radius 1 is 1.22 bits per heavy atom. The van der Waals surface area contributed by atoms with E-state index in [1.165, 1.54) is 0 Å². The molecule has 0 rings (SSSR count). The zero-order valence-electron chi connectivity index (χ0n) is 5.18. The fourth-order valence-corrected chi connectivity index (χ4v) is 0. The summed E-state index contributed by atoms with van der Waals surface area (Å²) in [7, 11) is 0. The number of carbonyl (C=O) groups is 1. The van der Waals surface area contributed by atoms with Crippen LogP contribution in [0, 0.1) is 0 Å². The minimum atomic E-state index is -0.833. The molecule has 0 bridgehead atoms. The number of hydrogen-bond acceptors (Lipinski definition) is 1. The van der Waals surface area contributed by atoms with Gasteiger partial charge in [-0.3, -0.25) is 4.79 Å². The first-order valence-electron chi connectivity index (χ1n) is 1.93. The predicted molar refractivity (Wildman–Crippen MR) is 43.0 cm³/mol. The van der Waals surface area contributed by atoms with Gasteiger partial charge in [-0.1, -0.05) is 0 Å². The third-order valence-corrected chi connectivity index (χ3v) is 0. The molecule has 0 unspecified atom stereocenters. The van der Waals surface area contributed by atoms with E-state index in [9.17, 15) is 0 Å². The SMILES string of the molecule is C=C.C=C.CC(=O)O.[NaH]. The van der Waals surface area contributed by atoms with E-state index in [0.717, 1.165) is 6.92 Å². The van der Waals surface area contributed by atoms with Gasteiger partial charge in [-0.05, 0) is 0 Å². The van der Waals surface area contributed by atoms with Gasteiger partial charge in [0.05, 0.1) is 0 Å². The second kappa shape index (κ2) is 44.1. The van der Waals surface area contributed by atoms with E-state index in [0.29, 0.717) is 0 Å². The molecule has 0 amide bonds. The second-order valence-corrected chi connectivity index (χ2v) is 0.519. The van der Waals surface area contributed by atoms with Gasteiger partial charge in [-0.25, -0.2) is 0 Å². The number of hydrogen-bond donors (Lipinski definition) is 1. The molecule has 0 radical (unpaired) electrons. The molecule has 0 aliphatic carbocycles. The fraction of sp³-hybridized carbons (Fsp3) is 0.167. The molecule has 0 aromatic rings. The van der Waals surface area contributed by atoms with Crippen molar-refractivity contribution >= 4 is 35.5 Å². The maximum absolute atomic E-state index is 9.00. The molecule has 1 N–H and O–H groups in total. The molecule has 3 heteroatoms. The standard InChI is InChI=1S/C2H4O2.2C2H4.Na.H/c1-2(3)4;2*1-2;;/h1H3,(H,3,4);2*1-2H2;;. The van der Waals surface area contributed by atoms with Gasteiger partial charge in [0.1, 0.15) is 0 Å². The second-order valence-electron chi connectivity index (χ2n) is 0.519. The zero-order chi connectivity index (χ0) is 7.58. The van der Waals surface area contributed by atoms with E-state index in [4.69, 9.17) is 9.90 Å². The minimum absolute atomic E-state index is 0. The van der Waals surface area contributed by atoms with Crippen LogP contribution in [0.2, 0.25) is 0 Å². The predicted octanol–water partition coefficient (Wildman–Crippen LogP) is 1.05. The monoisotopic (exact) mass is 140 g/mol. The summed E-state index contributed by atoms with van der Waals surface area (Å²) in [6, 6.07) is 0. The van der Waals surface area contributed by atoms with Crippen molar-refractivity contribution in [1.82, 2.24) is 0 Å². The Balaban J connectivity index is -0.0000000221. The maximum atomic E-state index is 9.00. The molecule has 0 aromatic heterocycles. The Bertz CT molecular complexity index is 49.0. The zero-order valence-corrected chi connectivity index (χ0v) is 5.18. The molecule has 0 aromatic carbocycles. The van der Waals surface area contributed by atoms with Gasteiger partial charge in [0.15, 0.2) is 0 Å². The van der Waals surface area contributed by atoms with Gasteiger partial charge in [0.2, 0.25) is 0 Å². The number of carboxylic acid groups (broad SMARTS) is 1. The van der Waals surface area contributed by atoms with Crippen molar-refractivity contribution in [2.75, 3.05) is 0 Å². The van der Waals surface area contributed by atoms with Crippen LogP contribution in [0.3, 0.4) is 0 Å². The molecule has 0 atom stereocenters. The molecule has 2 nitrogen and oxygen atoms in total. The molecule has 0 fully saturated rings. The van der Waals surface area contributed by atoms with Gasteiger partial charge < -0.3 is 5.11 Å². The van der Waals surface area contributed by atoms with Crippen LogP contribution in [-0.2, 0) is 4.79 Å². The van der Waals surface area contributed by atoms with Crippen molar-refractivity contribution in [3.8, 4) is 0 Å². The van der Waals surface area contributed by atoms with Gasteiger partial charge >= 0.3 is 29.6 Å². The van der Waals surface area contributed by atoms with Crippen LogP contribution in [0.1, 0.15) is 6.92 Å². The van der Waals surface area contributed by atoms with Crippen molar-refractivity contribution in [3.05, 3.63) is 26.3 Å². The number of carboxylic acids is 1. The van der Waals surface area contributed by atoms with E-state index in [2.05, 4.69) is 26.3 Å². The van der Waals surface area contributed by atoms with Gasteiger partial charge in [0.25, 0.3) is 5.97 Å².